The first kappa shape index (κ1) is 20.5. The Balaban J connectivity index is 2.49. The Kier molecular flexibility index (Phi) is 6.59. The minimum atomic E-state index is -3.92. The lowest BCUT2D eigenvalue weighted by Gasteiger charge is -2.20. The van der Waals surface area contributed by atoms with Crippen molar-refractivity contribution >= 4 is 27.1 Å². The van der Waals surface area contributed by atoms with E-state index in [0.717, 1.165) is 11.6 Å². The standard InChI is InChI=1S/C17H21N5O4S/c1-4-21(5-2)27(25,26)17-11-15(22(23)24)8-9-16(17)20-19-13(3)14-7-6-10-18-12-14/h6-12,20H,4-5H2,1-3H3/b19-13+. The molecule has 2 aromatic rings. The van der Waals surface area contributed by atoms with Crippen molar-refractivity contribution in [2.24, 2.45) is 5.10 Å². The number of hydrogen-bond donors (Lipinski definition) is 1. The number of pyridine rings is 1. The van der Waals surface area contributed by atoms with Gasteiger partial charge in [-0.1, -0.05) is 19.9 Å². The summed E-state index contributed by atoms with van der Waals surface area (Å²) in [5.74, 6) is 0. The van der Waals surface area contributed by atoms with E-state index >= 15 is 0 Å². The van der Waals surface area contributed by atoms with Gasteiger partial charge in [-0.3, -0.25) is 20.5 Å². The SMILES string of the molecule is CCN(CC)S(=O)(=O)c1cc([N+](=O)[O-])ccc1N/N=C(\C)c1cccnc1. The van der Waals surface area contributed by atoms with Crippen molar-refractivity contribution in [1.82, 2.24) is 9.29 Å². The summed E-state index contributed by atoms with van der Waals surface area (Å²) in [6.07, 6.45) is 3.26. The number of rotatable bonds is 8. The molecule has 1 N–H and O–H groups in total. The number of nitro benzene ring substituents is 1. The topological polar surface area (TPSA) is 118 Å². The normalized spacial score (nSPS) is 12.2. The van der Waals surface area contributed by atoms with Crippen LogP contribution in [0.1, 0.15) is 26.3 Å². The quantitative estimate of drug-likeness (QED) is 0.420. The van der Waals surface area contributed by atoms with Gasteiger partial charge >= 0.3 is 0 Å². The summed E-state index contributed by atoms with van der Waals surface area (Å²) in [7, 11) is -3.92. The van der Waals surface area contributed by atoms with Gasteiger partial charge < -0.3 is 0 Å². The van der Waals surface area contributed by atoms with Gasteiger partial charge in [-0.2, -0.15) is 9.41 Å². The number of hydrazone groups is 1. The van der Waals surface area contributed by atoms with E-state index in [0.29, 0.717) is 5.71 Å². The molecule has 2 rings (SSSR count). The molecule has 0 bridgehead atoms. The summed E-state index contributed by atoms with van der Waals surface area (Å²) in [5, 5.41) is 15.3. The Bertz CT molecular complexity index is 941. The zero-order valence-corrected chi connectivity index (χ0v) is 16.1. The van der Waals surface area contributed by atoms with Crippen LogP contribution in [0.2, 0.25) is 0 Å². The molecule has 0 fully saturated rings. The molecular weight excluding hydrogens is 370 g/mol. The summed E-state index contributed by atoms with van der Waals surface area (Å²) in [5.41, 5.74) is 3.93. The fourth-order valence-electron chi connectivity index (χ4n) is 2.42. The van der Waals surface area contributed by atoms with Gasteiger partial charge in [0.1, 0.15) is 4.90 Å². The number of anilines is 1. The molecule has 0 saturated carbocycles. The molecule has 0 aliphatic rings. The lowest BCUT2D eigenvalue weighted by Crippen LogP contribution is -2.31. The van der Waals surface area contributed by atoms with Crippen molar-refractivity contribution in [3.05, 3.63) is 58.4 Å². The highest BCUT2D eigenvalue weighted by atomic mass is 32.2. The summed E-state index contributed by atoms with van der Waals surface area (Å²) < 4.78 is 27.1. The Morgan fingerprint density at radius 3 is 2.56 bits per heavy atom. The average molecular weight is 391 g/mol. The van der Waals surface area contributed by atoms with Gasteiger partial charge in [-0.15, -0.1) is 0 Å². The van der Waals surface area contributed by atoms with Gasteiger partial charge in [0, 0.05) is 43.2 Å². The average Bonchev–Trinajstić information content (AvgIpc) is 2.67. The second-order valence-corrected chi connectivity index (χ2v) is 7.48. The van der Waals surface area contributed by atoms with Gasteiger partial charge in [0.25, 0.3) is 5.69 Å². The van der Waals surface area contributed by atoms with Crippen molar-refractivity contribution in [2.75, 3.05) is 18.5 Å². The minimum absolute atomic E-state index is 0.163. The molecular formula is C17H21N5O4S. The molecule has 0 spiro atoms. The lowest BCUT2D eigenvalue weighted by atomic mass is 10.2. The molecule has 1 heterocycles. The number of aromatic nitrogens is 1. The fraction of sp³-hybridized carbons (Fsp3) is 0.294. The largest absolute Gasteiger partial charge is 0.277 e. The number of nitrogens with one attached hydrogen (secondary N) is 1. The van der Waals surface area contributed by atoms with Crippen molar-refractivity contribution in [3.8, 4) is 0 Å². The van der Waals surface area contributed by atoms with E-state index in [9.17, 15) is 18.5 Å². The second-order valence-electron chi connectivity index (χ2n) is 5.58. The van der Waals surface area contributed by atoms with Crippen molar-refractivity contribution in [1.29, 1.82) is 0 Å². The van der Waals surface area contributed by atoms with Gasteiger partial charge in [0.15, 0.2) is 0 Å². The zero-order chi connectivity index (χ0) is 20.0. The third kappa shape index (κ3) is 4.66. The van der Waals surface area contributed by atoms with Crippen LogP contribution in [-0.2, 0) is 10.0 Å². The highest BCUT2D eigenvalue weighted by molar-refractivity contribution is 7.89. The van der Waals surface area contributed by atoms with Crippen LogP contribution >= 0.6 is 0 Å². The molecule has 0 aliphatic carbocycles. The highest BCUT2D eigenvalue weighted by Gasteiger charge is 2.27. The molecule has 0 amide bonds. The fourth-order valence-corrected chi connectivity index (χ4v) is 4.04. The van der Waals surface area contributed by atoms with Gasteiger partial charge in [-0.05, 0) is 19.1 Å². The third-order valence-electron chi connectivity index (χ3n) is 3.92. The predicted molar refractivity (Wildman–Crippen MR) is 103 cm³/mol. The van der Waals surface area contributed by atoms with Gasteiger partial charge in [0.05, 0.1) is 16.3 Å². The van der Waals surface area contributed by atoms with Crippen LogP contribution < -0.4 is 5.43 Å². The second kappa shape index (κ2) is 8.69. The molecule has 27 heavy (non-hydrogen) atoms. The van der Waals surface area contributed by atoms with E-state index in [1.165, 1.54) is 16.4 Å². The first-order valence-corrected chi connectivity index (χ1v) is 9.74. The van der Waals surface area contributed by atoms with Crippen LogP contribution in [0.5, 0.6) is 0 Å². The van der Waals surface area contributed by atoms with E-state index in [-0.39, 0.29) is 29.4 Å². The molecule has 10 heteroatoms. The summed E-state index contributed by atoms with van der Waals surface area (Å²) in [6, 6.07) is 7.20. The van der Waals surface area contributed by atoms with E-state index in [1.54, 1.807) is 39.2 Å². The van der Waals surface area contributed by atoms with Crippen LogP contribution in [0, 0.1) is 10.1 Å². The number of hydrogen-bond acceptors (Lipinski definition) is 7. The molecule has 1 aromatic carbocycles. The van der Waals surface area contributed by atoms with Crippen molar-refractivity contribution in [3.63, 3.8) is 0 Å². The minimum Gasteiger partial charge on any atom is -0.277 e. The Morgan fingerprint density at radius 1 is 1.30 bits per heavy atom. The molecule has 0 unspecified atom stereocenters. The zero-order valence-electron chi connectivity index (χ0n) is 15.3. The van der Waals surface area contributed by atoms with Crippen LogP contribution in [0.4, 0.5) is 11.4 Å². The van der Waals surface area contributed by atoms with Crippen molar-refractivity contribution in [2.45, 2.75) is 25.7 Å². The number of nitro groups is 1. The van der Waals surface area contributed by atoms with Gasteiger partial charge in [0.2, 0.25) is 10.0 Å². The van der Waals surface area contributed by atoms with Gasteiger partial charge in [-0.25, -0.2) is 8.42 Å². The predicted octanol–water partition coefficient (Wildman–Crippen LogP) is 2.86. The first-order chi connectivity index (χ1) is 12.8. The number of non-ortho nitro benzene ring substituents is 1. The number of benzene rings is 1. The lowest BCUT2D eigenvalue weighted by molar-refractivity contribution is -0.385. The molecule has 0 aliphatic heterocycles. The molecule has 0 saturated heterocycles. The van der Waals surface area contributed by atoms with Crippen LogP contribution in [-0.4, -0.2) is 41.4 Å². The summed E-state index contributed by atoms with van der Waals surface area (Å²) >= 11 is 0. The van der Waals surface area contributed by atoms with Crippen molar-refractivity contribution < 1.29 is 13.3 Å². The molecule has 0 atom stereocenters. The smallest absolute Gasteiger partial charge is 0.270 e. The van der Waals surface area contributed by atoms with E-state index in [2.05, 4.69) is 15.5 Å². The van der Waals surface area contributed by atoms with Crippen LogP contribution in [0.15, 0.2) is 52.7 Å². The first-order valence-electron chi connectivity index (χ1n) is 8.30. The van der Waals surface area contributed by atoms with E-state index in [4.69, 9.17) is 0 Å². The van der Waals surface area contributed by atoms with E-state index < -0.39 is 14.9 Å². The monoisotopic (exact) mass is 391 g/mol. The highest BCUT2D eigenvalue weighted by Crippen LogP contribution is 2.29. The Hall–Kier alpha value is -2.85. The summed E-state index contributed by atoms with van der Waals surface area (Å²) in [4.78, 5) is 14.3. The maximum atomic E-state index is 12.9. The Labute approximate surface area is 157 Å². The van der Waals surface area contributed by atoms with Crippen LogP contribution in [0.3, 0.4) is 0 Å². The third-order valence-corrected chi connectivity index (χ3v) is 6.01. The molecule has 0 radical (unpaired) electrons. The maximum Gasteiger partial charge on any atom is 0.270 e. The molecule has 1 aromatic heterocycles. The molecule has 9 nitrogen and oxygen atoms in total. The maximum absolute atomic E-state index is 12.9. The van der Waals surface area contributed by atoms with E-state index in [1.807, 2.05) is 6.07 Å². The number of sulfonamides is 1. The Morgan fingerprint density at radius 2 is 2.00 bits per heavy atom. The molecule has 144 valence electrons. The van der Waals surface area contributed by atoms with Crippen LogP contribution in [0.25, 0.3) is 0 Å². The summed E-state index contributed by atoms with van der Waals surface area (Å²) in [6.45, 7) is 5.65. The number of nitrogens with zero attached hydrogens (tertiary/aromatic N) is 4.